The molecule has 0 spiro atoms. The van der Waals surface area contributed by atoms with Crippen LogP contribution in [0.4, 0.5) is 0 Å². The number of aliphatic carboxylic acids is 1. The molecule has 0 atom stereocenters. The molecule has 1 saturated carbocycles. The summed E-state index contributed by atoms with van der Waals surface area (Å²) >= 11 is 3.38. The van der Waals surface area contributed by atoms with Gasteiger partial charge in [-0.15, -0.1) is 0 Å². The van der Waals surface area contributed by atoms with E-state index >= 15 is 0 Å². The first-order valence-electron chi connectivity index (χ1n) is 5.19. The summed E-state index contributed by atoms with van der Waals surface area (Å²) in [6, 6.07) is 7.96. The van der Waals surface area contributed by atoms with Gasteiger partial charge < -0.3 is 5.11 Å². The highest BCUT2D eigenvalue weighted by Gasteiger charge is 2.45. The van der Waals surface area contributed by atoms with E-state index in [1.165, 1.54) is 6.08 Å². The van der Waals surface area contributed by atoms with Crippen LogP contribution in [0.5, 0.6) is 0 Å². The molecule has 0 aliphatic heterocycles. The van der Waals surface area contributed by atoms with Crippen molar-refractivity contribution in [3.63, 3.8) is 0 Å². The van der Waals surface area contributed by atoms with Crippen molar-refractivity contribution >= 4 is 28.0 Å². The average Bonchev–Trinajstić information content (AvgIpc) is 3.06. The summed E-state index contributed by atoms with van der Waals surface area (Å²) in [6.45, 7) is 0. The van der Waals surface area contributed by atoms with Crippen LogP contribution in [0.1, 0.15) is 24.0 Å². The number of rotatable bonds is 3. The van der Waals surface area contributed by atoms with E-state index < -0.39 is 5.97 Å². The van der Waals surface area contributed by atoms with Crippen LogP contribution in [-0.2, 0) is 10.2 Å². The standard InChI is InChI=1S/C13H10BrNO2/c14-11-6-9(1-2-12(16)17)5-10(7-11)13(8-15)3-4-13/h1-2,5-7H,3-4H2,(H,16,17)/b2-1+. The van der Waals surface area contributed by atoms with Crippen molar-refractivity contribution in [2.45, 2.75) is 18.3 Å². The minimum absolute atomic E-state index is 0.352. The van der Waals surface area contributed by atoms with E-state index in [9.17, 15) is 4.79 Å². The number of nitriles is 1. The monoisotopic (exact) mass is 291 g/mol. The van der Waals surface area contributed by atoms with Crippen molar-refractivity contribution in [2.24, 2.45) is 0 Å². The van der Waals surface area contributed by atoms with Crippen LogP contribution in [-0.4, -0.2) is 11.1 Å². The molecule has 1 fully saturated rings. The van der Waals surface area contributed by atoms with Gasteiger partial charge in [0.05, 0.1) is 11.5 Å². The Hall–Kier alpha value is -1.60. The van der Waals surface area contributed by atoms with E-state index in [-0.39, 0.29) is 5.41 Å². The van der Waals surface area contributed by atoms with Crippen LogP contribution in [0.2, 0.25) is 0 Å². The normalized spacial score (nSPS) is 16.7. The van der Waals surface area contributed by atoms with Crippen LogP contribution in [0, 0.1) is 11.3 Å². The van der Waals surface area contributed by atoms with E-state index in [0.717, 1.165) is 34.5 Å². The number of carboxylic acid groups (broad SMARTS) is 1. The highest BCUT2D eigenvalue weighted by molar-refractivity contribution is 9.10. The second-order valence-electron chi connectivity index (χ2n) is 4.14. The van der Waals surface area contributed by atoms with Crippen molar-refractivity contribution in [1.82, 2.24) is 0 Å². The van der Waals surface area contributed by atoms with Crippen LogP contribution in [0.3, 0.4) is 0 Å². The van der Waals surface area contributed by atoms with Crippen LogP contribution in [0.15, 0.2) is 28.7 Å². The highest BCUT2D eigenvalue weighted by Crippen LogP contribution is 2.48. The third kappa shape index (κ3) is 2.56. The number of hydrogen-bond donors (Lipinski definition) is 1. The van der Waals surface area contributed by atoms with Gasteiger partial charge >= 0.3 is 5.97 Å². The Labute approximate surface area is 108 Å². The summed E-state index contributed by atoms with van der Waals surface area (Å²) in [7, 11) is 0. The van der Waals surface area contributed by atoms with Gasteiger partial charge in [0.15, 0.2) is 0 Å². The molecule has 2 rings (SSSR count). The molecule has 17 heavy (non-hydrogen) atoms. The molecule has 0 amide bonds. The number of benzene rings is 1. The zero-order valence-electron chi connectivity index (χ0n) is 8.98. The summed E-state index contributed by atoms with van der Waals surface area (Å²) < 4.78 is 0.863. The molecule has 0 bridgehead atoms. The van der Waals surface area contributed by atoms with Gasteiger partial charge in [0.1, 0.15) is 0 Å². The predicted molar refractivity (Wildman–Crippen MR) is 67.3 cm³/mol. The van der Waals surface area contributed by atoms with Crippen LogP contribution < -0.4 is 0 Å². The smallest absolute Gasteiger partial charge is 0.328 e. The minimum Gasteiger partial charge on any atom is -0.478 e. The Bertz CT molecular complexity index is 539. The quantitative estimate of drug-likeness (QED) is 0.871. The summed E-state index contributed by atoms with van der Waals surface area (Å²) in [5.41, 5.74) is 1.40. The van der Waals surface area contributed by atoms with Gasteiger partial charge in [-0.25, -0.2) is 4.79 Å². The van der Waals surface area contributed by atoms with Crippen molar-refractivity contribution in [3.05, 3.63) is 39.9 Å². The van der Waals surface area contributed by atoms with Crippen LogP contribution >= 0.6 is 15.9 Å². The molecule has 1 aliphatic carbocycles. The molecule has 1 aliphatic rings. The number of halogens is 1. The van der Waals surface area contributed by atoms with Crippen LogP contribution in [0.25, 0.3) is 6.08 Å². The van der Waals surface area contributed by atoms with Crippen molar-refractivity contribution in [2.75, 3.05) is 0 Å². The molecule has 0 radical (unpaired) electrons. The Morgan fingerprint density at radius 3 is 2.71 bits per heavy atom. The lowest BCUT2D eigenvalue weighted by molar-refractivity contribution is -0.131. The number of nitrogens with zero attached hydrogens (tertiary/aromatic N) is 1. The second kappa shape index (κ2) is 4.34. The second-order valence-corrected chi connectivity index (χ2v) is 5.05. The maximum atomic E-state index is 10.5. The fraction of sp³-hybridized carbons (Fsp3) is 0.231. The topological polar surface area (TPSA) is 61.1 Å². The van der Waals surface area contributed by atoms with Crippen molar-refractivity contribution in [1.29, 1.82) is 5.26 Å². The molecule has 0 aromatic heterocycles. The zero-order chi connectivity index (χ0) is 12.5. The molecule has 0 saturated heterocycles. The van der Waals surface area contributed by atoms with Crippen molar-refractivity contribution in [3.8, 4) is 6.07 Å². The lowest BCUT2D eigenvalue weighted by Gasteiger charge is -2.08. The SMILES string of the molecule is N#CC1(c2cc(Br)cc(/C=C/C(=O)O)c2)CC1. The Kier molecular flexibility index (Phi) is 3.03. The Morgan fingerprint density at radius 2 is 2.18 bits per heavy atom. The largest absolute Gasteiger partial charge is 0.478 e. The molecule has 1 aromatic rings. The summed E-state index contributed by atoms with van der Waals surface area (Å²) in [4.78, 5) is 10.5. The van der Waals surface area contributed by atoms with Gasteiger partial charge in [0.2, 0.25) is 0 Å². The Balaban J connectivity index is 2.37. The summed E-state index contributed by atoms with van der Waals surface area (Å²) in [6.07, 6.45) is 4.38. The van der Waals surface area contributed by atoms with Gasteiger partial charge in [0.25, 0.3) is 0 Å². The molecule has 1 aromatic carbocycles. The van der Waals surface area contributed by atoms with E-state index in [4.69, 9.17) is 10.4 Å². The molecule has 86 valence electrons. The molecule has 0 unspecified atom stereocenters. The first kappa shape index (κ1) is 11.9. The van der Waals surface area contributed by atoms with E-state index in [1.54, 1.807) is 0 Å². The first-order valence-corrected chi connectivity index (χ1v) is 5.98. The van der Waals surface area contributed by atoms with Gasteiger partial charge in [0, 0.05) is 10.5 Å². The van der Waals surface area contributed by atoms with E-state index in [2.05, 4.69) is 22.0 Å². The molecule has 0 heterocycles. The zero-order valence-corrected chi connectivity index (χ0v) is 10.6. The van der Waals surface area contributed by atoms with Gasteiger partial charge in [-0.2, -0.15) is 5.26 Å². The van der Waals surface area contributed by atoms with E-state index in [1.807, 2.05) is 18.2 Å². The summed E-state index contributed by atoms with van der Waals surface area (Å²) in [5.74, 6) is -0.979. The molecular formula is C13H10BrNO2. The molecular weight excluding hydrogens is 282 g/mol. The predicted octanol–water partition coefficient (Wildman–Crippen LogP) is 3.10. The molecule has 3 nitrogen and oxygen atoms in total. The average molecular weight is 292 g/mol. The lowest BCUT2D eigenvalue weighted by atomic mass is 9.96. The fourth-order valence-corrected chi connectivity index (χ4v) is 2.25. The molecule has 4 heteroatoms. The van der Waals surface area contributed by atoms with Gasteiger partial charge in [-0.05, 0) is 42.2 Å². The third-order valence-electron chi connectivity index (χ3n) is 2.86. The lowest BCUT2D eigenvalue weighted by Crippen LogP contribution is -2.02. The summed E-state index contributed by atoms with van der Waals surface area (Å²) in [5, 5.41) is 17.7. The van der Waals surface area contributed by atoms with Gasteiger partial charge in [-0.3, -0.25) is 0 Å². The van der Waals surface area contributed by atoms with E-state index in [0.29, 0.717) is 0 Å². The van der Waals surface area contributed by atoms with Gasteiger partial charge in [-0.1, -0.05) is 22.0 Å². The number of hydrogen-bond acceptors (Lipinski definition) is 2. The maximum absolute atomic E-state index is 10.5. The van der Waals surface area contributed by atoms with Crippen molar-refractivity contribution < 1.29 is 9.90 Å². The number of carboxylic acids is 1. The highest BCUT2D eigenvalue weighted by atomic mass is 79.9. The molecule has 1 N–H and O–H groups in total. The minimum atomic E-state index is -0.979. The fourth-order valence-electron chi connectivity index (χ4n) is 1.74. The number of carbonyl (C=O) groups is 1. The maximum Gasteiger partial charge on any atom is 0.328 e. The third-order valence-corrected chi connectivity index (χ3v) is 3.31. The first-order chi connectivity index (χ1) is 8.05. The Morgan fingerprint density at radius 1 is 1.47 bits per heavy atom.